The zero-order valence-corrected chi connectivity index (χ0v) is 12.8. The number of rotatable bonds is 5. The van der Waals surface area contributed by atoms with Gasteiger partial charge in [0.1, 0.15) is 5.76 Å². The molecule has 0 aliphatic rings. The van der Waals surface area contributed by atoms with E-state index in [9.17, 15) is 0 Å². The molecule has 1 heterocycles. The Morgan fingerprint density at radius 3 is 2.35 bits per heavy atom. The van der Waals surface area contributed by atoms with Crippen molar-refractivity contribution < 1.29 is 13.9 Å². The third-order valence-corrected chi connectivity index (χ3v) is 3.35. The van der Waals surface area contributed by atoms with Crippen molar-refractivity contribution in [1.82, 2.24) is 0 Å². The molecule has 0 spiro atoms. The van der Waals surface area contributed by atoms with Crippen molar-refractivity contribution in [2.75, 3.05) is 14.2 Å². The Bertz CT molecular complexity index is 582. The van der Waals surface area contributed by atoms with Crippen LogP contribution in [-0.4, -0.2) is 14.2 Å². The van der Waals surface area contributed by atoms with Crippen LogP contribution in [0.15, 0.2) is 28.9 Å². The maximum absolute atomic E-state index is 5.53. The van der Waals surface area contributed by atoms with E-state index in [2.05, 4.69) is 26.0 Å². The monoisotopic (exact) mass is 274 g/mol. The van der Waals surface area contributed by atoms with Crippen LogP contribution in [0.4, 0.5) is 0 Å². The molecule has 0 bridgehead atoms. The molecule has 0 amide bonds. The second-order valence-electron chi connectivity index (χ2n) is 5.34. The van der Waals surface area contributed by atoms with Crippen molar-refractivity contribution in [1.29, 1.82) is 0 Å². The Labute approximate surface area is 120 Å². The van der Waals surface area contributed by atoms with Gasteiger partial charge in [-0.05, 0) is 36.1 Å². The van der Waals surface area contributed by atoms with Crippen LogP contribution in [0.5, 0.6) is 11.5 Å². The molecule has 0 saturated heterocycles. The number of hydrogen-bond acceptors (Lipinski definition) is 3. The predicted octanol–water partition coefficient (Wildman–Crippen LogP) is 4.32. The summed E-state index contributed by atoms with van der Waals surface area (Å²) in [6, 6.07) is 6.25. The largest absolute Gasteiger partial charge is 0.493 e. The van der Waals surface area contributed by atoms with Crippen LogP contribution in [0.2, 0.25) is 0 Å². The summed E-state index contributed by atoms with van der Waals surface area (Å²) in [7, 11) is 3.35. The summed E-state index contributed by atoms with van der Waals surface area (Å²) in [6.07, 6.45) is 2.54. The van der Waals surface area contributed by atoms with Gasteiger partial charge in [0.25, 0.3) is 0 Å². The zero-order valence-electron chi connectivity index (χ0n) is 12.8. The number of benzene rings is 1. The molecule has 1 aromatic heterocycles. The highest BCUT2D eigenvalue weighted by Gasteiger charge is 2.15. The highest BCUT2D eigenvalue weighted by molar-refractivity contribution is 5.51. The molecule has 0 atom stereocenters. The van der Waals surface area contributed by atoms with Crippen LogP contribution >= 0.6 is 0 Å². The van der Waals surface area contributed by atoms with Crippen molar-refractivity contribution in [3.63, 3.8) is 0 Å². The van der Waals surface area contributed by atoms with Crippen molar-refractivity contribution in [2.24, 2.45) is 0 Å². The van der Waals surface area contributed by atoms with Crippen LogP contribution < -0.4 is 9.47 Å². The van der Waals surface area contributed by atoms with Crippen LogP contribution in [0, 0.1) is 6.92 Å². The van der Waals surface area contributed by atoms with Crippen molar-refractivity contribution >= 4 is 0 Å². The topological polar surface area (TPSA) is 31.6 Å². The van der Waals surface area contributed by atoms with Gasteiger partial charge in [-0.25, -0.2) is 0 Å². The Morgan fingerprint density at radius 2 is 1.85 bits per heavy atom. The van der Waals surface area contributed by atoms with Gasteiger partial charge in [0.15, 0.2) is 11.5 Å². The molecular weight excluding hydrogens is 252 g/mol. The maximum Gasteiger partial charge on any atom is 0.164 e. The Morgan fingerprint density at radius 1 is 1.10 bits per heavy atom. The number of ether oxygens (including phenoxy) is 2. The molecule has 2 rings (SSSR count). The van der Waals surface area contributed by atoms with Gasteiger partial charge in [-0.2, -0.15) is 0 Å². The number of methoxy groups -OCH3 is 2. The molecule has 3 nitrogen and oxygen atoms in total. The summed E-state index contributed by atoms with van der Waals surface area (Å²) < 4.78 is 16.5. The molecular formula is C17H22O3. The normalized spacial score (nSPS) is 10.9. The molecule has 0 radical (unpaired) electrons. The van der Waals surface area contributed by atoms with Gasteiger partial charge in [0.05, 0.1) is 20.5 Å². The second-order valence-corrected chi connectivity index (χ2v) is 5.34. The Balaban J connectivity index is 2.41. The van der Waals surface area contributed by atoms with Crippen LogP contribution in [0.3, 0.4) is 0 Å². The van der Waals surface area contributed by atoms with Gasteiger partial charge in [-0.1, -0.05) is 19.9 Å². The molecule has 108 valence electrons. The first-order chi connectivity index (χ1) is 9.55. The predicted molar refractivity (Wildman–Crippen MR) is 79.9 cm³/mol. The Kier molecular flexibility index (Phi) is 4.38. The minimum absolute atomic E-state index is 0.372. The Hall–Kier alpha value is -1.90. The summed E-state index contributed by atoms with van der Waals surface area (Å²) in [5, 5.41) is 0. The van der Waals surface area contributed by atoms with Gasteiger partial charge in [-0.15, -0.1) is 0 Å². The first kappa shape index (κ1) is 14.5. The summed E-state index contributed by atoms with van der Waals surface area (Å²) in [6.45, 7) is 6.33. The van der Waals surface area contributed by atoms with Crippen molar-refractivity contribution in [3.05, 3.63) is 46.9 Å². The third kappa shape index (κ3) is 2.98. The lowest BCUT2D eigenvalue weighted by atomic mass is 9.97. The van der Waals surface area contributed by atoms with E-state index in [1.54, 1.807) is 20.5 Å². The fourth-order valence-corrected chi connectivity index (χ4v) is 2.37. The van der Waals surface area contributed by atoms with Gasteiger partial charge in [0.2, 0.25) is 0 Å². The number of furan rings is 1. The van der Waals surface area contributed by atoms with Crippen molar-refractivity contribution in [3.8, 4) is 11.5 Å². The fraction of sp³-hybridized carbons (Fsp3) is 0.412. The third-order valence-electron chi connectivity index (χ3n) is 3.35. The summed E-state index contributed by atoms with van der Waals surface area (Å²) >= 11 is 0. The molecule has 0 unspecified atom stereocenters. The molecule has 1 aromatic carbocycles. The smallest absolute Gasteiger partial charge is 0.164 e. The highest BCUT2D eigenvalue weighted by atomic mass is 16.5. The molecule has 3 heteroatoms. The minimum atomic E-state index is 0.372. The van der Waals surface area contributed by atoms with E-state index >= 15 is 0 Å². The molecule has 0 aliphatic heterocycles. The van der Waals surface area contributed by atoms with E-state index < -0.39 is 0 Å². The van der Waals surface area contributed by atoms with E-state index in [4.69, 9.17) is 13.9 Å². The SMILES string of the molecule is COc1cc(Cc2cc(C)co2)cc(C(C)C)c1OC. The molecule has 0 fully saturated rings. The molecule has 2 aromatic rings. The van der Waals surface area contributed by atoms with Gasteiger partial charge >= 0.3 is 0 Å². The molecule has 0 aliphatic carbocycles. The summed E-state index contributed by atoms with van der Waals surface area (Å²) in [5.41, 5.74) is 3.47. The first-order valence-corrected chi connectivity index (χ1v) is 6.84. The first-order valence-electron chi connectivity index (χ1n) is 6.84. The molecule has 0 saturated carbocycles. The van der Waals surface area contributed by atoms with Crippen LogP contribution in [0.1, 0.15) is 42.2 Å². The minimum Gasteiger partial charge on any atom is -0.493 e. The fourth-order valence-electron chi connectivity index (χ4n) is 2.37. The number of hydrogen-bond donors (Lipinski definition) is 0. The standard InChI is InChI=1S/C17H22O3/c1-11(2)15-8-13(7-14-6-12(3)10-20-14)9-16(18-4)17(15)19-5/h6,8-11H,7H2,1-5H3. The molecule has 0 N–H and O–H groups in total. The van der Waals surface area contributed by atoms with Gasteiger partial charge in [-0.3, -0.25) is 0 Å². The lowest BCUT2D eigenvalue weighted by Gasteiger charge is -2.17. The summed E-state index contributed by atoms with van der Waals surface area (Å²) in [5.74, 6) is 2.93. The molecule has 20 heavy (non-hydrogen) atoms. The second kappa shape index (κ2) is 6.04. The lowest BCUT2D eigenvalue weighted by Crippen LogP contribution is -2.00. The average Bonchev–Trinajstić information content (AvgIpc) is 2.82. The van der Waals surface area contributed by atoms with Crippen molar-refractivity contribution in [2.45, 2.75) is 33.1 Å². The zero-order chi connectivity index (χ0) is 14.7. The van der Waals surface area contributed by atoms with Crippen LogP contribution in [-0.2, 0) is 6.42 Å². The summed E-state index contributed by atoms with van der Waals surface area (Å²) in [4.78, 5) is 0. The van der Waals surface area contributed by atoms with E-state index in [1.165, 1.54) is 5.56 Å². The highest BCUT2D eigenvalue weighted by Crippen LogP contribution is 2.37. The lowest BCUT2D eigenvalue weighted by molar-refractivity contribution is 0.350. The maximum atomic E-state index is 5.53. The van der Waals surface area contributed by atoms with E-state index in [-0.39, 0.29) is 0 Å². The van der Waals surface area contributed by atoms with Crippen LogP contribution in [0.25, 0.3) is 0 Å². The van der Waals surface area contributed by atoms with Gasteiger partial charge < -0.3 is 13.9 Å². The number of aryl methyl sites for hydroxylation is 1. The van der Waals surface area contributed by atoms with E-state index in [0.717, 1.165) is 34.8 Å². The quantitative estimate of drug-likeness (QED) is 0.813. The van der Waals surface area contributed by atoms with Gasteiger partial charge in [0, 0.05) is 12.0 Å². The van der Waals surface area contributed by atoms with E-state index in [1.807, 2.05) is 13.0 Å². The average molecular weight is 274 g/mol. The van der Waals surface area contributed by atoms with E-state index in [0.29, 0.717) is 5.92 Å².